The molecule has 5 heteroatoms. The SMILES string of the molecule is Cc1cccc(C)c1NC(=O)/C(C#N)=C/c1c(F)cccc1F. The zero-order valence-electron chi connectivity index (χ0n) is 12.7. The summed E-state index contributed by atoms with van der Waals surface area (Å²) in [4.78, 5) is 12.2. The smallest absolute Gasteiger partial charge is 0.266 e. The number of hydrogen-bond acceptors (Lipinski definition) is 2. The van der Waals surface area contributed by atoms with Crippen LogP contribution in [-0.4, -0.2) is 5.91 Å². The van der Waals surface area contributed by atoms with Gasteiger partial charge in [-0.05, 0) is 43.2 Å². The number of amides is 1. The summed E-state index contributed by atoms with van der Waals surface area (Å²) in [6.45, 7) is 3.63. The number of carbonyl (C=O) groups excluding carboxylic acids is 1. The molecule has 0 saturated carbocycles. The van der Waals surface area contributed by atoms with Gasteiger partial charge in [0.25, 0.3) is 5.91 Å². The van der Waals surface area contributed by atoms with Gasteiger partial charge in [0.1, 0.15) is 23.3 Å². The molecular weight excluding hydrogens is 298 g/mol. The summed E-state index contributed by atoms with van der Waals surface area (Å²) in [6.07, 6.45) is 0.910. The van der Waals surface area contributed by atoms with Crippen molar-refractivity contribution < 1.29 is 13.6 Å². The number of benzene rings is 2. The fourth-order valence-corrected chi connectivity index (χ4v) is 2.13. The molecule has 0 atom stereocenters. The van der Waals surface area contributed by atoms with Gasteiger partial charge in [0.15, 0.2) is 0 Å². The van der Waals surface area contributed by atoms with Crippen molar-refractivity contribution in [3.63, 3.8) is 0 Å². The minimum atomic E-state index is -0.836. The maximum absolute atomic E-state index is 13.6. The second-order valence-corrected chi connectivity index (χ2v) is 5.03. The van der Waals surface area contributed by atoms with E-state index in [4.69, 9.17) is 5.26 Å². The van der Waals surface area contributed by atoms with Crippen LogP contribution in [0.15, 0.2) is 42.0 Å². The van der Waals surface area contributed by atoms with Crippen LogP contribution in [0.25, 0.3) is 6.08 Å². The normalized spacial score (nSPS) is 11.0. The van der Waals surface area contributed by atoms with Crippen molar-refractivity contribution in [2.24, 2.45) is 0 Å². The van der Waals surface area contributed by atoms with E-state index in [1.165, 1.54) is 6.07 Å². The van der Waals surface area contributed by atoms with Crippen molar-refractivity contribution in [2.45, 2.75) is 13.8 Å². The fraction of sp³-hybridized carbons (Fsp3) is 0.111. The number of para-hydroxylation sites is 1. The number of aryl methyl sites for hydroxylation is 2. The third-order valence-electron chi connectivity index (χ3n) is 3.37. The van der Waals surface area contributed by atoms with Gasteiger partial charge >= 0.3 is 0 Å². The molecule has 23 heavy (non-hydrogen) atoms. The van der Waals surface area contributed by atoms with Crippen LogP contribution in [0.1, 0.15) is 16.7 Å². The standard InChI is InChI=1S/C18H14F2N2O/c1-11-5-3-6-12(2)17(11)22-18(23)13(10-21)9-14-15(19)7-4-8-16(14)20/h3-9H,1-2H3,(H,22,23)/b13-9+. The summed E-state index contributed by atoms with van der Waals surface area (Å²) in [6, 6.07) is 10.5. The molecule has 0 aromatic heterocycles. The van der Waals surface area contributed by atoms with E-state index < -0.39 is 23.1 Å². The number of nitrogens with zero attached hydrogens (tertiary/aromatic N) is 1. The topological polar surface area (TPSA) is 52.9 Å². The van der Waals surface area contributed by atoms with E-state index in [0.717, 1.165) is 29.3 Å². The van der Waals surface area contributed by atoms with Crippen molar-refractivity contribution in [1.82, 2.24) is 0 Å². The van der Waals surface area contributed by atoms with E-state index in [-0.39, 0.29) is 5.57 Å². The minimum Gasteiger partial charge on any atom is -0.321 e. The molecule has 0 heterocycles. The van der Waals surface area contributed by atoms with Crippen LogP contribution in [0.4, 0.5) is 14.5 Å². The van der Waals surface area contributed by atoms with Crippen molar-refractivity contribution in [3.8, 4) is 6.07 Å². The lowest BCUT2D eigenvalue weighted by molar-refractivity contribution is -0.112. The van der Waals surface area contributed by atoms with Crippen LogP contribution < -0.4 is 5.32 Å². The highest BCUT2D eigenvalue weighted by Gasteiger charge is 2.15. The Hall–Kier alpha value is -3.00. The van der Waals surface area contributed by atoms with Gasteiger partial charge in [-0.15, -0.1) is 0 Å². The van der Waals surface area contributed by atoms with Gasteiger partial charge in [-0.1, -0.05) is 24.3 Å². The van der Waals surface area contributed by atoms with Gasteiger partial charge in [-0.25, -0.2) is 8.78 Å². The van der Waals surface area contributed by atoms with Crippen molar-refractivity contribution in [2.75, 3.05) is 5.32 Å². The first-order valence-corrected chi connectivity index (χ1v) is 6.87. The molecule has 0 bridgehead atoms. The molecule has 116 valence electrons. The lowest BCUT2D eigenvalue weighted by Crippen LogP contribution is -2.15. The summed E-state index contributed by atoms with van der Waals surface area (Å²) >= 11 is 0. The van der Waals surface area contributed by atoms with E-state index in [1.54, 1.807) is 6.07 Å². The van der Waals surface area contributed by atoms with E-state index in [2.05, 4.69) is 5.32 Å². The predicted molar refractivity (Wildman–Crippen MR) is 84.5 cm³/mol. The Morgan fingerprint density at radius 2 is 1.61 bits per heavy atom. The third kappa shape index (κ3) is 3.61. The molecule has 0 aliphatic rings. The van der Waals surface area contributed by atoms with Crippen molar-refractivity contribution >= 4 is 17.7 Å². The van der Waals surface area contributed by atoms with Crippen LogP contribution in [0.2, 0.25) is 0 Å². The van der Waals surface area contributed by atoms with Gasteiger partial charge in [0.05, 0.1) is 0 Å². The van der Waals surface area contributed by atoms with Gasteiger partial charge in [-0.3, -0.25) is 4.79 Å². The molecule has 0 fully saturated rings. The zero-order chi connectivity index (χ0) is 17.0. The quantitative estimate of drug-likeness (QED) is 0.684. The van der Waals surface area contributed by atoms with Crippen LogP contribution in [0.5, 0.6) is 0 Å². The highest BCUT2D eigenvalue weighted by Crippen LogP contribution is 2.21. The van der Waals surface area contributed by atoms with Gasteiger partial charge in [-0.2, -0.15) is 5.26 Å². The highest BCUT2D eigenvalue weighted by molar-refractivity contribution is 6.10. The van der Waals surface area contributed by atoms with Crippen molar-refractivity contribution in [3.05, 3.63) is 70.3 Å². The Balaban J connectivity index is 2.37. The van der Waals surface area contributed by atoms with Gasteiger partial charge in [0, 0.05) is 11.3 Å². The Bertz CT molecular complexity index is 795. The van der Waals surface area contributed by atoms with Crippen LogP contribution in [0, 0.1) is 36.8 Å². The molecule has 2 aromatic rings. The molecule has 1 N–H and O–H groups in total. The Morgan fingerprint density at radius 3 is 2.13 bits per heavy atom. The number of halogens is 2. The first-order chi connectivity index (χ1) is 10.9. The molecule has 1 amide bonds. The van der Waals surface area contributed by atoms with Gasteiger partial charge < -0.3 is 5.32 Å². The summed E-state index contributed by atoms with van der Waals surface area (Å²) in [5, 5.41) is 11.7. The Kier molecular flexibility index (Phi) is 4.87. The fourth-order valence-electron chi connectivity index (χ4n) is 2.13. The molecule has 2 aromatic carbocycles. The van der Waals surface area contributed by atoms with Crippen LogP contribution >= 0.6 is 0 Å². The first kappa shape index (κ1) is 16.4. The average molecular weight is 312 g/mol. The Labute approximate surface area is 132 Å². The zero-order valence-corrected chi connectivity index (χ0v) is 12.7. The highest BCUT2D eigenvalue weighted by atomic mass is 19.1. The summed E-state index contributed by atoms with van der Waals surface area (Å²) in [7, 11) is 0. The second-order valence-electron chi connectivity index (χ2n) is 5.03. The average Bonchev–Trinajstić information content (AvgIpc) is 2.51. The molecule has 0 aliphatic carbocycles. The van der Waals surface area contributed by atoms with E-state index in [9.17, 15) is 13.6 Å². The number of nitriles is 1. The number of anilines is 1. The number of rotatable bonds is 3. The lowest BCUT2D eigenvalue weighted by atomic mass is 10.1. The molecule has 3 nitrogen and oxygen atoms in total. The molecule has 0 saturated heterocycles. The second kappa shape index (κ2) is 6.84. The molecule has 0 radical (unpaired) electrons. The van der Waals surface area contributed by atoms with Crippen molar-refractivity contribution in [1.29, 1.82) is 5.26 Å². The molecule has 0 unspecified atom stereocenters. The minimum absolute atomic E-state index is 0.378. The molecule has 2 rings (SSSR count). The monoisotopic (exact) mass is 312 g/mol. The molecule has 0 aliphatic heterocycles. The third-order valence-corrected chi connectivity index (χ3v) is 3.37. The van der Waals surface area contributed by atoms with Crippen LogP contribution in [-0.2, 0) is 4.79 Å². The Morgan fingerprint density at radius 1 is 1.09 bits per heavy atom. The molecular formula is C18H14F2N2O. The maximum atomic E-state index is 13.6. The van der Waals surface area contributed by atoms with E-state index >= 15 is 0 Å². The maximum Gasteiger partial charge on any atom is 0.266 e. The number of nitrogens with one attached hydrogen (secondary N) is 1. The number of carbonyl (C=O) groups is 1. The largest absolute Gasteiger partial charge is 0.321 e. The lowest BCUT2D eigenvalue weighted by Gasteiger charge is -2.11. The predicted octanol–water partition coefficient (Wildman–Crippen LogP) is 4.13. The number of hydrogen-bond donors (Lipinski definition) is 1. The summed E-state index contributed by atoms with van der Waals surface area (Å²) in [5.74, 6) is -2.39. The summed E-state index contributed by atoms with van der Waals surface area (Å²) < 4.78 is 27.3. The van der Waals surface area contributed by atoms with E-state index in [1.807, 2.05) is 32.0 Å². The van der Waals surface area contributed by atoms with Gasteiger partial charge in [0.2, 0.25) is 0 Å². The van der Waals surface area contributed by atoms with Crippen LogP contribution in [0.3, 0.4) is 0 Å². The first-order valence-electron chi connectivity index (χ1n) is 6.87. The van der Waals surface area contributed by atoms with E-state index in [0.29, 0.717) is 5.69 Å². The molecule has 0 spiro atoms. The summed E-state index contributed by atoms with van der Waals surface area (Å²) in [5.41, 5.74) is 1.44.